The molecule has 2 heteroatoms. The molecule has 0 amide bonds. The van der Waals surface area contributed by atoms with Crippen molar-refractivity contribution in [3.8, 4) is 0 Å². The fourth-order valence-electron chi connectivity index (χ4n) is 2.10. The molecular formula is C13H17ClO. The van der Waals surface area contributed by atoms with Gasteiger partial charge in [-0.15, -0.1) is 11.6 Å². The molecule has 0 bridgehead atoms. The van der Waals surface area contributed by atoms with E-state index in [1.165, 1.54) is 5.56 Å². The van der Waals surface area contributed by atoms with Crippen LogP contribution in [0, 0.1) is 0 Å². The molecule has 1 saturated heterocycles. The van der Waals surface area contributed by atoms with Crippen LogP contribution in [0.4, 0.5) is 0 Å². The summed E-state index contributed by atoms with van der Waals surface area (Å²) in [6.07, 6.45) is 3.48. The van der Waals surface area contributed by atoms with Crippen molar-refractivity contribution in [3.63, 3.8) is 0 Å². The lowest BCUT2D eigenvalue weighted by molar-refractivity contribution is -0.0507. The van der Waals surface area contributed by atoms with Gasteiger partial charge in [0.1, 0.15) is 0 Å². The highest BCUT2D eigenvalue weighted by Crippen LogP contribution is 2.34. The average Bonchev–Trinajstić information content (AvgIpc) is 2.29. The average molecular weight is 225 g/mol. The minimum absolute atomic E-state index is 0.187. The first-order chi connectivity index (χ1) is 7.29. The first kappa shape index (κ1) is 11.0. The SMILES string of the molecule is CC[C@@H]1C[C@H](Cl)C[C@H](c2ccccc2)O1. The number of benzene rings is 1. The highest BCUT2D eigenvalue weighted by molar-refractivity contribution is 6.20. The Morgan fingerprint density at radius 2 is 2.00 bits per heavy atom. The van der Waals surface area contributed by atoms with E-state index < -0.39 is 0 Å². The van der Waals surface area contributed by atoms with Crippen LogP contribution in [-0.2, 0) is 4.74 Å². The Labute approximate surface area is 96.4 Å². The Morgan fingerprint density at radius 1 is 1.27 bits per heavy atom. The molecule has 0 N–H and O–H groups in total. The van der Waals surface area contributed by atoms with Gasteiger partial charge in [0.05, 0.1) is 12.2 Å². The van der Waals surface area contributed by atoms with Crippen LogP contribution in [0.5, 0.6) is 0 Å². The van der Waals surface area contributed by atoms with Gasteiger partial charge in [-0.05, 0) is 24.8 Å². The van der Waals surface area contributed by atoms with Crippen LogP contribution in [-0.4, -0.2) is 11.5 Å². The fourth-order valence-corrected chi connectivity index (χ4v) is 2.46. The normalized spacial score (nSPS) is 31.5. The number of ether oxygens (including phenoxy) is 1. The standard InChI is InChI=1S/C13H17ClO/c1-2-12-8-11(14)9-13(15-12)10-6-4-3-5-7-10/h3-7,11-13H,2,8-9H2,1H3/t11-,12+,13+/m0/s1. The van der Waals surface area contributed by atoms with Crippen molar-refractivity contribution < 1.29 is 4.74 Å². The second kappa shape index (κ2) is 5.00. The third-order valence-corrected chi connectivity index (χ3v) is 3.33. The summed E-state index contributed by atoms with van der Waals surface area (Å²) in [4.78, 5) is 0. The number of alkyl halides is 1. The zero-order chi connectivity index (χ0) is 10.7. The monoisotopic (exact) mass is 224 g/mol. The molecule has 0 unspecified atom stereocenters. The van der Waals surface area contributed by atoms with Gasteiger partial charge in [-0.2, -0.15) is 0 Å². The number of halogens is 1. The Bertz CT molecular complexity index is 299. The number of rotatable bonds is 2. The van der Waals surface area contributed by atoms with Gasteiger partial charge in [0, 0.05) is 5.38 Å². The van der Waals surface area contributed by atoms with Crippen molar-refractivity contribution >= 4 is 11.6 Å². The van der Waals surface area contributed by atoms with Gasteiger partial charge < -0.3 is 4.74 Å². The maximum absolute atomic E-state index is 6.25. The van der Waals surface area contributed by atoms with Crippen LogP contribution in [0.3, 0.4) is 0 Å². The Morgan fingerprint density at radius 3 is 2.67 bits per heavy atom. The highest BCUT2D eigenvalue weighted by atomic mass is 35.5. The lowest BCUT2D eigenvalue weighted by Crippen LogP contribution is -2.28. The molecule has 0 aromatic heterocycles. The van der Waals surface area contributed by atoms with Crippen molar-refractivity contribution in [3.05, 3.63) is 35.9 Å². The molecule has 0 spiro atoms. The van der Waals surface area contributed by atoms with E-state index in [2.05, 4.69) is 31.2 Å². The summed E-state index contributed by atoms with van der Waals surface area (Å²) in [6.45, 7) is 2.15. The number of hydrogen-bond donors (Lipinski definition) is 0. The largest absolute Gasteiger partial charge is 0.370 e. The summed E-state index contributed by atoms with van der Waals surface area (Å²) < 4.78 is 6.01. The smallest absolute Gasteiger partial charge is 0.0842 e. The molecule has 82 valence electrons. The first-order valence-electron chi connectivity index (χ1n) is 5.64. The van der Waals surface area contributed by atoms with Gasteiger partial charge in [0.2, 0.25) is 0 Å². The molecule has 0 radical (unpaired) electrons. The quantitative estimate of drug-likeness (QED) is 0.692. The van der Waals surface area contributed by atoms with Gasteiger partial charge in [-0.25, -0.2) is 0 Å². The maximum Gasteiger partial charge on any atom is 0.0842 e. The van der Waals surface area contributed by atoms with Gasteiger partial charge in [-0.1, -0.05) is 37.3 Å². The topological polar surface area (TPSA) is 9.23 Å². The van der Waals surface area contributed by atoms with Gasteiger partial charge >= 0.3 is 0 Å². The minimum Gasteiger partial charge on any atom is -0.370 e. The summed E-state index contributed by atoms with van der Waals surface area (Å²) >= 11 is 6.25. The molecule has 3 atom stereocenters. The summed E-state index contributed by atoms with van der Waals surface area (Å²) in [5, 5.41) is 0.258. The summed E-state index contributed by atoms with van der Waals surface area (Å²) in [7, 11) is 0. The van der Waals surface area contributed by atoms with Crippen molar-refractivity contribution in [1.82, 2.24) is 0 Å². The van der Waals surface area contributed by atoms with E-state index in [1.807, 2.05) is 6.07 Å². The van der Waals surface area contributed by atoms with Gasteiger partial charge in [0.15, 0.2) is 0 Å². The van der Waals surface area contributed by atoms with E-state index in [0.29, 0.717) is 6.10 Å². The Kier molecular flexibility index (Phi) is 3.66. The molecule has 0 saturated carbocycles. The van der Waals surface area contributed by atoms with Crippen LogP contribution in [0.1, 0.15) is 37.9 Å². The molecule has 1 aliphatic rings. The second-order valence-corrected chi connectivity index (χ2v) is 4.75. The maximum atomic E-state index is 6.25. The van der Waals surface area contributed by atoms with Crippen molar-refractivity contribution in [2.75, 3.05) is 0 Å². The summed E-state index contributed by atoms with van der Waals surface area (Å²) in [5.74, 6) is 0. The molecule has 1 aliphatic heterocycles. The van der Waals surface area contributed by atoms with E-state index in [-0.39, 0.29) is 11.5 Å². The molecule has 1 nitrogen and oxygen atoms in total. The zero-order valence-corrected chi connectivity index (χ0v) is 9.78. The van der Waals surface area contributed by atoms with E-state index in [9.17, 15) is 0 Å². The molecule has 1 heterocycles. The van der Waals surface area contributed by atoms with Crippen LogP contribution in [0.15, 0.2) is 30.3 Å². The summed E-state index contributed by atoms with van der Waals surface area (Å²) in [5.41, 5.74) is 1.25. The van der Waals surface area contributed by atoms with Gasteiger partial charge in [-0.3, -0.25) is 0 Å². The Balaban J connectivity index is 2.09. The molecule has 2 rings (SSSR count). The molecule has 15 heavy (non-hydrogen) atoms. The molecule has 1 aromatic rings. The zero-order valence-electron chi connectivity index (χ0n) is 9.03. The number of hydrogen-bond acceptors (Lipinski definition) is 1. The van der Waals surface area contributed by atoms with E-state index >= 15 is 0 Å². The van der Waals surface area contributed by atoms with Crippen LogP contribution >= 0.6 is 11.6 Å². The van der Waals surface area contributed by atoms with Gasteiger partial charge in [0.25, 0.3) is 0 Å². The van der Waals surface area contributed by atoms with Crippen molar-refractivity contribution in [2.45, 2.75) is 43.8 Å². The third-order valence-electron chi connectivity index (χ3n) is 2.97. The third kappa shape index (κ3) is 2.73. The van der Waals surface area contributed by atoms with E-state index in [4.69, 9.17) is 16.3 Å². The molecular weight excluding hydrogens is 208 g/mol. The summed E-state index contributed by atoms with van der Waals surface area (Å²) in [6, 6.07) is 10.4. The first-order valence-corrected chi connectivity index (χ1v) is 6.07. The van der Waals surface area contributed by atoms with Crippen LogP contribution in [0.2, 0.25) is 0 Å². The predicted molar refractivity (Wildman–Crippen MR) is 63.2 cm³/mol. The lowest BCUT2D eigenvalue weighted by atomic mass is 9.97. The Hall–Kier alpha value is -0.530. The fraction of sp³-hybridized carbons (Fsp3) is 0.538. The van der Waals surface area contributed by atoms with Crippen LogP contribution < -0.4 is 0 Å². The minimum atomic E-state index is 0.187. The van der Waals surface area contributed by atoms with E-state index in [0.717, 1.165) is 19.3 Å². The van der Waals surface area contributed by atoms with Crippen molar-refractivity contribution in [1.29, 1.82) is 0 Å². The lowest BCUT2D eigenvalue weighted by Gasteiger charge is -2.32. The van der Waals surface area contributed by atoms with Crippen LogP contribution in [0.25, 0.3) is 0 Å². The molecule has 1 aromatic carbocycles. The molecule has 0 aliphatic carbocycles. The molecule has 1 fully saturated rings. The highest BCUT2D eigenvalue weighted by Gasteiger charge is 2.27. The van der Waals surface area contributed by atoms with E-state index in [1.54, 1.807) is 0 Å². The van der Waals surface area contributed by atoms with Crippen molar-refractivity contribution in [2.24, 2.45) is 0 Å². The second-order valence-electron chi connectivity index (χ2n) is 4.13. The predicted octanol–water partition coefficient (Wildman–Crippen LogP) is 3.92.